The molecule has 1 aliphatic carbocycles. The number of aromatic nitrogens is 3. The Labute approximate surface area is 172 Å². The average molecular weight is 407 g/mol. The number of fused-ring (bicyclic) bond motifs is 1. The Morgan fingerprint density at radius 2 is 2.03 bits per heavy atom. The molecule has 2 aromatic heterocycles. The molecular weight excluding hydrogens is 386 g/mol. The second kappa shape index (κ2) is 7.44. The summed E-state index contributed by atoms with van der Waals surface area (Å²) in [5.41, 5.74) is 2.81. The lowest BCUT2D eigenvalue weighted by Gasteiger charge is -2.26. The molecule has 1 fully saturated rings. The van der Waals surface area contributed by atoms with Crippen LogP contribution in [0.15, 0.2) is 43.0 Å². The van der Waals surface area contributed by atoms with Crippen molar-refractivity contribution in [1.82, 2.24) is 19.4 Å². The van der Waals surface area contributed by atoms with Gasteiger partial charge in [0.1, 0.15) is 0 Å². The molecule has 0 atom stereocenters. The molecule has 5 rings (SSSR count). The number of carbonyl (C=O) groups excluding carboxylic acids is 2. The van der Waals surface area contributed by atoms with Crippen molar-refractivity contribution in [1.29, 1.82) is 0 Å². The molecule has 1 aliphatic heterocycles. The minimum atomic E-state index is 0.0294. The number of thiazole rings is 1. The number of hydrogen-bond donors (Lipinski definition) is 1. The fourth-order valence-electron chi connectivity index (χ4n) is 3.50. The lowest BCUT2D eigenvalue weighted by atomic mass is 10.1. The van der Waals surface area contributed by atoms with Gasteiger partial charge < -0.3 is 14.8 Å². The fraction of sp³-hybridized carbons (Fsp3) is 0.333. The Balaban J connectivity index is 1.24. The second-order valence-electron chi connectivity index (χ2n) is 7.56. The van der Waals surface area contributed by atoms with E-state index in [0.29, 0.717) is 23.8 Å². The summed E-state index contributed by atoms with van der Waals surface area (Å²) >= 11 is 1.48. The molecule has 2 amide bonds. The van der Waals surface area contributed by atoms with Gasteiger partial charge in [-0.25, -0.2) is 9.97 Å². The first-order valence-electron chi connectivity index (χ1n) is 9.79. The molecule has 29 heavy (non-hydrogen) atoms. The molecule has 0 spiro atoms. The standard InChI is InChI=1S/C21H21N5O2S/c27-19(15-5-6-15)24-21-23-17-7-9-26(12-18(17)29-21)20(28)16-3-1-14(2-4-16)11-25-10-8-22-13-25/h1-4,8,10,13,15H,5-7,9,11-12H2,(H,23,24,27). The van der Waals surface area contributed by atoms with E-state index >= 15 is 0 Å². The predicted molar refractivity (Wildman–Crippen MR) is 110 cm³/mol. The first kappa shape index (κ1) is 18.1. The lowest BCUT2D eigenvalue weighted by molar-refractivity contribution is -0.117. The van der Waals surface area contributed by atoms with E-state index in [2.05, 4.69) is 15.3 Å². The summed E-state index contributed by atoms with van der Waals surface area (Å²) in [7, 11) is 0. The zero-order valence-electron chi connectivity index (χ0n) is 15.9. The van der Waals surface area contributed by atoms with E-state index in [1.807, 2.05) is 39.9 Å². The summed E-state index contributed by atoms with van der Waals surface area (Å²) in [6, 6.07) is 7.75. The summed E-state index contributed by atoms with van der Waals surface area (Å²) in [6.45, 7) is 1.92. The van der Waals surface area contributed by atoms with Gasteiger partial charge in [0.2, 0.25) is 5.91 Å². The van der Waals surface area contributed by atoms with Gasteiger partial charge in [-0.05, 0) is 30.5 Å². The van der Waals surface area contributed by atoms with E-state index < -0.39 is 0 Å². The quantitative estimate of drug-likeness (QED) is 0.705. The number of imidazole rings is 1. The zero-order chi connectivity index (χ0) is 19.8. The van der Waals surface area contributed by atoms with Crippen LogP contribution in [0.2, 0.25) is 0 Å². The predicted octanol–water partition coefficient (Wildman–Crippen LogP) is 2.93. The summed E-state index contributed by atoms with van der Waals surface area (Å²) in [6.07, 6.45) is 8.11. The molecular formula is C21H21N5O2S. The number of benzene rings is 1. The summed E-state index contributed by atoms with van der Waals surface area (Å²) in [5, 5.41) is 3.58. The number of nitrogens with zero attached hydrogens (tertiary/aromatic N) is 4. The Bertz CT molecular complexity index is 1040. The minimum Gasteiger partial charge on any atom is -0.333 e. The van der Waals surface area contributed by atoms with Crippen molar-refractivity contribution in [3.63, 3.8) is 0 Å². The molecule has 0 bridgehead atoms. The van der Waals surface area contributed by atoms with Gasteiger partial charge in [0.25, 0.3) is 5.91 Å². The molecule has 148 valence electrons. The van der Waals surface area contributed by atoms with Crippen LogP contribution in [0.5, 0.6) is 0 Å². The summed E-state index contributed by atoms with van der Waals surface area (Å²) in [5.74, 6) is 0.257. The number of nitrogens with one attached hydrogen (secondary N) is 1. The third-order valence-electron chi connectivity index (χ3n) is 5.32. The molecule has 0 radical (unpaired) electrons. The molecule has 1 saturated carbocycles. The van der Waals surface area contributed by atoms with Crippen molar-refractivity contribution in [3.05, 3.63) is 64.7 Å². The molecule has 7 nitrogen and oxygen atoms in total. The van der Waals surface area contributed by atoms with Crippen LogP contribution in [0.4, 0.5) is 5.13 Å². The van der Waals surface area contributed by atoms with Crippen LogP contribution in [-0.2, 0) is 24.3 Å². The van der Waals surface area contributed by atoms with Crippen LogP contribution < -0.4 is 5.32 Å². The smallest absolute Gasteiger partial charge is 0.254 e. The van der Waals surface area contributed by atoms with Crippen LogP contribution in [0, 0.1) is 5.92 Å². The largest absolute Gasteiger partial charge is 0.333 e. The van der Waals surface area contributed by atoms with Crippen molar-refractivity contribution in [2.75, 3.05) is 11.9 Å². The van der Waals surface area contributed by atoms with Crippen molar-refractivity contribution in [3.8, 4) is 0 Å². The first-order chi connectivity index (χ1) is 14.2. The van der Waals surface area contributed by atoms with Gasteiger partial charge in [0.15, 0.2) is 5.13 Å². The van der Waals surface area contributed by atoms with Crippen molar-refractivity contribution in [2.45, 2.75) is 32.4 Å². The summed E-state index contributed by atoms with van der Waals surface area (Å²) in [4.78, 5) is 36.4. The molecule has 2 aliphatic rings. The van der Waals surface area contributed by atoms with E-state index in [-0.39, 0.29) is 17.7 Å². The number of rotatable bonds is 5. The Kier molecular flexibility index (Phi) is 4.63. The topological polar surface area (TPSA) is 80.1 Å². The minimum absolute atomic E-state index is 0.0294. The van der Waals surface area contributed by atoms with Gasteiger partial charge in [-0.3, -0.25) is 9.59 Å². The van der Waals surface area contributed by atoms with Crippen molar-refractivity contribution < 1.29 is 9.59 Å². The van der Waals surface area contributed by atoms with Gasteiger partial charge >= 0.3 is 0 Å². The van der Waals surface area contributed by atoms with Gasteiger partial charge in [-0.15, -0.1) is 0 Å². The van der Waals surface area contributed by atoms with Crippen LogP contribution in [0.1, 0.15) is 39.3 Å². The number of hydrogen-bond acceptors (Lipinski definition) is 5. The Morgan fingerprint density at radius 3 is 2.76 bits per heavy atom. The van der Waals surface area contributed by atoms with Gasteiger partial charge in [0, 0.05) is 48.3 Å². The lowest BCUT2D eigenvalue weighted by Crippen LogP contribution is -2.35. The Hall–Kier alpha value is -3.00. The maximum absolute atomic E-state index is 12.9. The molecule has 3 heterocycles. The normalized spacial score (nSPS) is 15.8. The highest BCUT2D eigenvalue weighted by Crippen LogP contribution is 2.33. The zero-order valence-corrected chi connectivity index (χ0v) is 16.7. The van der Waals surface area contributed by atoms with Crippen LogP contribution in [-0.4, -0.2) is 37.8 Å². The highest BCUT2D eigenvalue weighted by molar-refractivity contribution is 7.15. The van der Waals surface area contributed by atoms with Gasteiger partial charge in [-0.1, -0.05) is 23.5 Å². The molecule has 0 unspecified atom stereocenters. The van der Waals surface area contributed by atoms with Crippen LogP contribution >= 0.6 is 11.3 Å². The molecule has 0 saturated heterocycles. The third-order valence-corrected chi connectivity index (χ3v) is 6.32. The van der Waals surface area contributed by atoms with E-state index in [1.165, 1.54) is 11.3 Å². The van der Waals surface area contributed by atoms with E-state index in [4.69, 9.17) is 0 Å². The highest BCUT2D eigenvalue weighted by atomic mass is 32.1. The maximum Gasteiger partial charge on any atom is 0.254 e. The SMILES string of the molecule is O=C(Nc1nc2c(s1)CN(C(=O)c1ccc(Cn3ccnc3)cc1)CC2)C1CC1. The molecule has 8 heteroatoms. The van der Waals surface area contributed by atoms with Crippen LogP contribution in [0.25, 0.3) is 0 Å². The first-order valence-corrected chi connectivity index (χ1v) is 10.6. The number of carbonyl (C=O) groups is 2. The number of anilines is 1. The molecule has 3 aromatic rings. The van der Waals surface area contributed by atoms with Crippen molar-refractivity contribution in [2.24, 2.45) is 5.92 Å². The molecule has 1 N–H and O–H groups in total. The van der Waals surface area contributed by atoms with Crippen LogP contribution in [0.3, 0.4) is 0 Å². The molecule has 1 aromatic carbocycles. The van der Waals surface area contributed by atoms with Gasteiger partial charge in [-0.2, -0.15) is 0 Å². The fourth-order valence-corrected chi connectivity index (χ4v) is 4.53. The van der Waals surface area contributed by atoms with Crippen molar-refractivity contribution >= 4 is 28.3 Å². The second-order valence-corrected chi connectivity index (χ2v) is 8.64. The Morgan fingerprint density at radius 1 is 1.21 bits per heavy atom. The third kappa shape index (κ3) is 3.93. The van der Waals surface area contributed by atoms with E-state index in [0.717, 1.165) is 41.9 Å². The average Bonchev–Trinajstić information content (AvgIpc) is 3.32. The van der Waals surface area contributed by atoms with Gasteiger partial charge in [0.05, 0.1) is 18.6 Å². The monoisotopic (exact) mass is 407 g/mol. The highest BCUT2D eigenvalue weighted by Gasteiger charge is 2.31. The van der Waals surface area contributed by atoms with E-state index in [1.54, 1.807) is 12.5 Å². The van der Waals surface area contributed by atoms with E-state index in [9.17, 15) is 9.59 Å². The summed E-state index contributed by atoms with van der Waals surface area (Å²) < 4.78 is 1.99. The maximum atomic E-state index is 12.9. The number of amides is 2.